The number of nitrogens with zero attached hydrogens (tertiary/aromatic N) is 2. The number of aromatic nitrogens is 2. The van der Waals surface area contributed by atoms with E-state index in [4.69, 9.17) is 4.74 Å². The number of anilines is 2. The largest absolute Gasteiger partial charge is 0.497 e. The van der Waals surface area contributed by atoms with Crippen LogP contribution in [0.1, 0.15) is 17.3 Å². The summed E-state index contributed by atoms with van der Waals surface area (Å²) in [7, 11) is 1.61. The zero-order valence-corrected chi connectivity index (χ0v) is 16.1. The Morgan fingerprint density at radius 2 is 1.86 bits per heavy atom. The van der Waals surface area contributed by atoms with Crippen molar-refractivity contribution >= 4 is 34.0 Å². The summed E-state index contributed by atoms with van der Waals surface area (Å²) in [6, 6.07) is 14.1. The molecule has 0 spiro atoms. The molecular weight excluding hydrogens is 376 g/mol. The smallest absolute Gasteiger partial charge is 0.257 e. The minimum absolute atomic E-state index is 0.256. The van der Waals surface area contributed by atoms with Crippen molar-refractivity contribution < 1.29 is 14.3 Å². The second-order valence-corrected chi connectivity index (χ2v) is 6.64. The number of carbonyl (C=O) groups is 2. The number of nitrogens with one attached hydrogen (secondary N) is 2. The third-order valence-corrected chi connectivity index (χ3v) is 4.58. The quantitative estimate of drug-likeness (QED) is 0.617. The van der Waals surface area contributed by atoms with E-state index in [9.17, 15) is 9.59 Å². The number of rotatable bonds is 6. The number of methoxy groups -OCH3 is 1. The fourth-order valence-corrected chi connectivity index (χ4v) is 3.11. The van der Waals surface area contributed by atoms with E-state index < -0.39 is 0 Å². The van der Waals surface area contributed by atoms with Crippen LogP contribution in [-0.4, -0.2) is 29.1 Å². The SMILES string of the molecule is C/C=C/C(=O)Nc1cccc(C(=O)Nc2nnc(-c3ccc(OC)cc3)s2)c1. The first-order valence-electron chi connectivity index (χ1n) is 8.42. The van der Waals surface area contributed by atoms with Crippen molar-refractivity contribution in [2.24, 2.45) is 0 Å². The molecule has 2 amide bonds. The maximum Gasteiger partial charge on any atom is 0.257 e. The van der Waals surface area contributed by atoms with Crippen LogP contribution in [0, 0.1) is 0 Å². The Morgan fingerprint density at radius 3 is 2.57 bits per heavy atom. The van der Waals surface area contributed by atoms with E-state index in [1.807, 2.05) is 24.3 Å². The standard InChI is InChI=1S/C20H18N4O3S/c1-3-5-17(25)21-15-7-4-6-14(12-15)18(26)22-20-24-23-19(28-20)13-8-10-16(27-2)11-9-13/h3-12H,1-2H3,(H,21,25)(H,22,24,26)/b5-3+. The highest BCUT2D eigenvalue weighted by Gasteiger charge is 2.12. The molecule has 1 aromatic heterocycles. The van der Waals surface area contributed by atoms with Crippen LogP contribution in [0.2, 0.25) is 0 Å². The van der Waals surface area contributed by atoms with Gasteiger partial charge in [0, 0.05) is 16.8 Å². The van der Waals surface area contributed by atoms with Crippen molar-refractivity contribution in [3.05, 3.63) is 66.2 Å². The van der Waals surface area contributed by atoms with Crippen LogP contribution in [0.5, 0.6) is 5.75 Å². The fourth-order valence-electron chi connectivity index (χ4n) is 2.37. The minimum atomic E-state index is -0.334. The van der Waals surface area contributed by atoms with E-state index in [0.29, 0.717) is 21.4 Å². The number of benzene rings is 2. The van der Waals surface area contributed by atoms with Gasteiger partial charge in [-0.05, 0) is 55.5 Å². The first-order valence-corrected chi connectivity index (χ1v) is 9.23. The third kappa shape index (κ3) is 4.80. The molecule has 0 radical (unpaired) electrons. The normalized spacial score (nSPS) is 10.6. The van der Waals surface area contributed by atoms with Crippen molar-refractivity contribution in [1.82, 2.24) is 10.2 Å². The fraction of sp³-hybridized carbons (Fsp3) is 0.100. The lowest BCUT2D eigenvalue weighted by atomic mass is 10.2. The van der Waals surface area contributed by atoms with Gasteiger partial charge in [0.05, 0.1) is 7.11 Å². The van der Waals surface area contributed by atoms with E-state index in [2.05, 4.69) is 20.8 Å². The second-order valence-electron chi connectivity index (χ2n) is 5.67. The summed E-state index contributed by atoms with van der Waals surface area (Å²) in [6.07, 6.45) is 3.05. The number of hydrogen-bond donors (Lipinski definition) is 2. The van der Waals surface area contributed by atoms with E-state index >= 15 is 0 Å². The highest BCUT2D eigenvalue weighted by atomic mass is 32.1. The summed E-state index contributed by atoms with van der Waals surface area (Å²) in [6.45, 7) is 1.76. The molecule has 0 unspecified atom stereocenters. The summed E-state index contributed by atoms with van der Waals surface area (Å²) in [4.78, 5) is 24.1. The number of allylic oxidation sites excluding steroid dienone is 1. The van der Waals surface area contributed by atoms with Crippen LogP contribution in [0.4, 0.5) is 10.8 Å². The average molecular weight is 394 g/mol. The summed E-state index contributed by atoms with van der Waals surface area (Å²) in [5, 5.41) is 14.6. The molecule has 0 atom stereocenters. The molecule has 2 aromatic carbocycles. The van der Waals surface area contributed by atoms with Gasteiger partial charge in [-0.1, -0.05) is 23.5 Å². The van der Waals surface area contributed by atoms with Crippen LogP contribution in [0.3, 0.4) is 0 Å². The molecule has 28 heavy (non-hydrogen) atoms. The average Bonchev–Trinajstić information content (AvgIpc) is 3.17. The van der Waals surface area contributed by atoms with Crippen molar-refractivity contribution in [3.63, 3.8) is 0 Å². The van der Waals surface area contributed by atoms with E-state index in [-0.39, 0.29) is 11.8 Å². The Hall–Kier alpha value is -3.52. The van der Waals surface area contributed by atoms with E-state index in [1.165, 1.54) is 17.4 Å². The van der Waals surface area contributed by atoms with E-state index in [0.717, 1.165) is 11.3 Å². The molecular formula is C20H18N4O3S. The second kappa shape index (κ2) is 8.92. The Kier molecular flexibility index (Phi) is 6.13. The zero-order valence-electron chi connectivity index (χ0n) is 15.3. The van der Waals surface area contributed by atoms with Gasteiger partial charge in [0.15, 0.2) is 0 Å². The van der Waals surface area contributed by atoms with Gasteiger partial charge >= 0.3 is 0 Å². The van der Waals surface area contributed by atoms with Gasteiger partial charge in [0.25, 0.3) is 5.91 Å². The molecule has 0 aliphatic heterocycles. The Labute approximate surface area is 166 Å². The van der Waals surface area contributed by atoms with Crippen molar-refractivity contribution in [3.8, 4) is 16.3 Å². The summed E-state index contributed by atoms with van der Waals surface area (Å²) >= 11 is 1.27. The molecule has 3 rings (SSSR count). The number of hydrogen-bond acceptors (Lipinski definition) is 6. The van der Waals surface area contributed by atoms with Gasteiger partial charge in [0.1, 0.15) is 10.8 Å². The predicted molar refractivity (Wildman–Crippen MR) is 110 cm³/mol. The molecule has 142 valence electrons. The molecule has 1 heterocycles. The van der Waals surface area contributed by atoms with Gasteiger partial charge in [-0.25, -0.2) is 0 Å². The molecule has 0 saturated heterocycles. The van der Waals surface area contributed by atoms with E-state index in [1.54, 1.807) is 44.4 Å². The summed E-state index contributed by atoms with van der Waals surface area (Å²) in [5.74, 6) is 0.163. The predicted octanol–water partition coefficient (Wildman–Crippen LogP) is 3.98. The minimum Gasteiger partial charge on any atom is -0.497 e. The third-order valence-electron chi connectivity index (χ3n) is 3.69. The highest BCUT2D eigenvalue weighted by Crippen LogP contribution is 2.28. The Morgan fingerprint density at radius 1 is 1.07 bits per heavy atom. The molecule has 0 saturated carbocycles. The molecule has 8 heteroatoms. The Balaban J connectivity index is 1.69. The lowest BCUT2D eigenvalue weighted by Crippen LogP contribution is -2.13. The molecule has 0 fully saturated rings. The van der Waals surface area contributed by atoms with Crippen LogP contribution < -0.4 is 15.4 Å². The molecule has 2 N–H and O–H groups in total. The van der Waals surface area contributed by atoms with Crippen LogP contribution in [0.15, 0.2) is 60.7 Å². The molecule has 0 aliphatic rings. The van der Waals surface area contributed by atoms with Crippen LogP contribution >= 0.6 is 11.3 Å². The van der Waals surface area contributed by atoms with Crippen molar-refractivity contribution in [2.45, 2.75) is 6.92 Å². The summed E-state index contributed by atoms with van der Waals surface area (Å²) in [5.41, 5.74) is 1.82. The zero-order chi connectivity index (χ0) is 19.9. The van der Waals surface area contributed by atoms with Crippen LogP contribution in [0.25, 0.3) is 10.6 Å². The Bertz CT molecular complexity index is 1010. The topological polar surface area (TPSA) is 93.2 Å². The lowest BCUT2D eigenvalue weighted by Gasteiger charge is -2.05. The molecule has 7 nitrogen and oxygen atoms in total. The van der Waals surface area contributed by atoms with Gasteiger partial charge in [-0.2, -0.15) is 0 Å². The maximum absolute atomic E-state index is 12.5. The maximum atomic E-state index is 12.5. The molecule has 3 aromatic rings. The number of ether oxygens (including phenoxy) is 1. The summed E-state index contributed by atoms with van der Waals surface area (Å²) < 4.78 is 5.14. The highest BCUT2D eigenvalue weighted by molar-refractivity contribution is 7.18. The first kappa shape index (κ1) is 19.2. The monoisotopic (exact) mass is 394 g/mol. The van der Waals surface area contributed by atoms with Crippen molar-refractivity contribution in [1.29, 1.82) is 0 Å². The number of amides is 2. The van der Waals surface area contributed by atoms with Gasteiger partial charge in [-0.15, -0.1) is 10.2 Å². The number of carbonyl (C=O) groups excluding carboxylic acids is 2. The van der Waals surface area contributed by atoms with Crippen LogP contribution in [-0.2, 0) is 4.79 Å². The van der Waals surface area contributed by atoms with Crippen molar-refractivity contribution in [2.75, 3.05) is 17.7 Å². The first-order chi connectivity index (χ1) is 13.6. The van der Waals surface area contributed by atoms with Gasteiger partial charge in [-0.3, -0.25) is 14.9 Å². The van der Waals surface area contributed by atoms with Gasteiger partial charge in [0.2, 0.25) is 11.0 Å². The van der Waals surface area contributed by atoms with Gasteiger partial charge < -0.3 is 10.1 Å². The lowest BCUT2D eigenvalue weighted by molar-refractivity contribution is -0.111. The molecule has 0 aliphatic carbocycles. The molecule has 0 bridgehead atoms.